The van der Waals surface area contributed by atoms with E-state index >= 15 is 0 Å². The lowest BCUT2D eigenvalue weighted by Crippen LogP contribution is -2.28. The number of guanidine groups is 1. The van der Waals surface area contributed by atoms with Crippen molar-refractivity contribution < 1.29 is 4.79 Å². The minimum Gasteiger partial charge on any atom is -0.325 e. The normalized spacial score (nSPS) is 11.2. The van der Waals surface area contributed by atoms with E-state index in [9.17, 15) is 4.79 Å². The molecule has 1 heterocycles. The van der Waals surface area contributed by atoms with Gasteiger partial charge in [-0.2, -0.15) is 0 Å². The van der Waals surface area contributed by atoms with Crippen LogP contribution >= 0.6 is 0 Å². The highest BCUT2D eigenvalue weighted by Gasteiger charge is 2.20. The molecule has 0 fully saturated rings. The Hall–Kier alpha value is -3.21. The number of carbonyl (C=O) groups excluding carboxylic acids is 1. The van der Waals surface area contributed by atoms with Crippen molar-refractivity contribution in [1.82, 2.24) is 10.3 Å². The van der Waals surface area contributed by atoms with E-state index in [2.05, 4.69) is 55.7 Å². The number of hydrogen-bond acceptors (Lipinski definition) is 3. The fourth-order valence-corrected chi connectivity index (χ4v) is 3.53. The molecule has 0 aliphatic heterocycles. The van der Waals surface area contributed by atoms with E-state index < -0.39 is 0 Å². The van der Waals surface area contributed by atoms with Gasteiger partial charge >= 0.3 is 0 Å². The lowest BCUT2D eigenvalue weighted by atomic mass is 9.80. The molecule has 0 saturated heterocycles. The third kappa shape index (κ3) is 4.19. The van der Waals surface area contributed by atoms with Crippen LogP contribution in [0.3, 0.4) is 0 Å². The molecular formula is C23H26N4O. The second-order valence-corrected chi connectivity index (χ2v) is 7.55. The highest BCUT2D eigenvalue weighted by atomic mass is 16.1. The van der Waals surface area contributed by atoms with Gasteiger partial charge in [0.15, 0.2) is 5.96 Å². The summed E-state index contributed by atoms with van der Waals surface area (Å²) >= 11 is 0. The number of pyridine rings is 1. The minimum atomic E-state index is -0.0740. The average molecular weight is 374 g/mol. The summed E-state index contributed by atoms with van der Waals surface area (Å²) < 4.78 is 0. The van der Waals surface area contributed by atoms with Crippen LogP contribution in [-0.4, -0.2) is 17.4 Å². The number of amides is 1. The van der Waals surface area contributed by atoms with Crippen LogP contribution in [0.4, 0.5) is 5.69 Å². The fraction of sp³-hybridized carbons (Fsp3) is 0.261. The van der Waals surface area contributed by atoms with Crippen LogP contribution in [0.1, 0.15) is 39.2 Å². The summed E-state index contributed by atoms with van der Waals surface area (Å²) in [6.07, 6.45) is 2.73. The SMILES string of the molecule is CCCC(C)(C)c1cccc(-c2cc(NC(=N)NC=O)c3ccccc3n2)c1. The van der Waals surface area contributed by atoms with Crippen molar-refractivity contribution in [3.8, 4) is 11.3 Å². The molecule has 1 amide bonds. The van der Waals surface area contributed by atoms with Gasteiger partial charge in [-0.3, -0.25) is 15.5 Å². The quantitative estimate of drug-likeness (QED) is 0.320. The van der Waals surface area contributed by atoms with E-state index in [0.717, 1.165) is 40.7 Å². The molecule has 0 unspecified atom stereocenters. The largest absolute Gasteiger partial charge is 0.325 e. The second-order valence-electron chi connectivity index (χ2n) is 7.55. The summed E-state index contributed by atoms with van der Waals surface area (Å²) in [4.78, 5) is 15.5. The monoisotopic (exact) mass is 374 g/mol. The molecule has 144 valence electrons. The lowest BCUT2D eigenvalue weighted by Gasteiger charge is -2.25. The first-order valence-corrected chi connectivity index (χ1v) is 9.51. The molecule has 0 spiro atoms. The molecule has 5 nitrogen and oxygen atoms in total. The molecule has 3 aromatic rings. The first-order chi connectivity index (χ1) is 13.4. The predicted octanol–water partition coefficient (Wildman–Crippen LogP) is 5.07. The molecule has 0 aliphatic rings. The van der Waals surface area contributed by atoms with Crippen molar-refractivity contribution in [1.29, 1.82) is 5.41 Å². The maximum atomic E-state index is 10.6. The molecule has 3 rings (SSSR count). The van der Waals surface area contributed by atoms with Crippen molar-refractivity contribution in [2.75, 3.05) is 5.32 Å². The molecule has 1 aromatic heterocycles. The first kappa shape index (κ1) is 19.5. The Morgan fingerprint density at radius 2 is 1.93 bits per heavy atom. The number of anilines is 1. The zero-order chi connectivity index (χ0) is 20.1. The van der Waals surface area contributed by atoms with Crippen LogP contribution in [0.2, 0.25) is 0 Å². The smallest absolute Gasteiger partial charge is 0.213 e. The summed E-state index contributed by atoms with van der Waals surface area (Å²) in [5.74, 6) is -0.0740. The molecular weight excluding hydrogens is 348 g/mol. The van der Waals surface area contributed by atoms with E-state index in [1.807, 2.05) is 30.3 Å². The Morgan fingerprint density at radius 3 is 2.68 bits per heavy atom. The lowest BCUT2D eigenvalue weighted by molar-refractivity contribution is -0.108. The van der Waals surface area contributed by atoms with Gasteiger partial charge in [0.1, 0.15) is 0 Å². The van der Waals surface area contributed by atoms with E-state index in [0.29, 0.717) is 6.41 Å². The Bertz CT molecular complexity index is 1010. The number of benzene rings is 2. The zero-order valence-electron chi connectivity index (χ0n) is 16.5. The molecule has 0 bridgehead atoms. The molecule has 3 N–H and O–H groups in total. The van der Waals surface area contributed by atoms with Crippen molar-refractivity contribution in [3.63, 3.8) is 0 Å². The Kier molecular flexibility index (Phi) is 5.73. The highest BCUT2D eigenvalue weighted by molar-refractivity contribution is 6.04. The topological polar surface area (TPSA) is 77.9 Å². The molecule has 0 atom stereocenters. The molecule has 28 heavy (non-hydrogen) atoms. The van der Waals surface area contributed by atoms with E-state index in [4.69, 9.17) is 10.4 Å². The van der Waals surface area contributed by atoms with Crippen LogP contribution < -0.4 is 10.6 Å². The summed E-state index contributed by atoms with van der Waals surface area (Å²) in [6, 6.07) is 18.2. The Morgan fingerprint density at radius 1 is 1.14 bits per heavy atom. The van der Waals surface area contributed by atoms with Gasteiger partial charge in [0, 0.05) is 10.9 Å². The summed E-state index contributed by atoms with van der Waals surface area (Å²) in [7, 11) is 0. The fourth-order valence-electron chi connectivity index (χ4n) is 3.53. The zero-order valence-corrected chi connectivity index (χ0v) is 16.5. The van der Waals surface area contributed by atoms with Gasteiger partial charge in [-0.05, 0) is 35.6 Å². The molecule has 0 aliphatic carbocycles. The van der Waals surface area contributed by atoms with Gasteiger partial charge in [-0.25, -0.2) is 4.98 Å². The number of nitrogens with one attached hydrogen (secondary N) is 3. The number of aromatic nitrogens is 1. The van der Waals surface area contributed by atoms with Crippen LogP contribution in [0.5, 0.6) is 0 Å². The number of nitrogens with zero attached hydrogens (tertiary/aromatic N) is 1. The van der Waals surface area contributed by atoms with E-state index in [1.54, 1.807) is 0 Å². The van der Waals surface area contributed by atoms with Gasteiger partial charge in [0.05, 0.1) is 16.9 Å². The number of carbonyl (C=O) groups is 1. The molecule has 5 heteroatoms. The summed E-state index contributed by atoms with van der Waals surface area (Å²) in [5, 5.41) is 14.1. The molecule has 2 aromatic carbocycles. The van der Waals surface area contributed by atoms with Crippen LogP contribution in [0.15, 0.2) is 54.6 Å². The van der Waals surface area contributed by atoms with Gasteiger partial charge < -0.3 is 5.32 Å². The number of para-hydroxylation sites is 1. The van der Waals surface area contributed by atoms with Crippen molar-refractivity contribution in [3.05, 3.63) is 60.2 Å². The van der Waals surface area contributed by atoms with Gasteiger partial charge in [-0.1, -0.05) is 63.6 Å². The average Bonchev–Trinajstić information content (AvgIpc) is 2.68. The number of hydrogen-bond donors (Lipinski definition) is 3. The summed E-state index contributed by atoms with van der Waals surface area (Å²) in [5.41, 5.74) is 4.81. The van der Waals surface area contributed by atoms with Crippen molar-refractivity contribution >= 4 is 29.0 Å². The van der Waals surface area contributed by atoms with Crippen LogP contribution in [0.25, 0.3) is 22.2 Å². The number of fused-ring (bicyclic) bond motifs is 1. The Labute approximate surface area is 165 Å². The maximum Gasteiger partial charge on any atom is 0.213 e. The molecule has 0 radical (unpaired) electrons. The standard InChI is InChI=1S/C23H26N4O/c1-4-12-23(2,3)17-9-7-8-16(13-17)20-14-21(27-22(24)25-15-28)18-10-5-6-11-19(18)26-20/h5-11,13-15H,4,12H2,1-3H3,(H3,24,25,26,27,28). The summed E-state index contributed by atoms with van der Waals surface area (Å²) in [6.45, 7) is 6.74. The first-order valence-electron chi connectivity index (χ1n) is 9.51. The van der Waals surface area contributed by atoms with Gasteiger partial charge in [0.2, 0.25) is 6.41 Å². The number of rotatable bonds is 6. The third-order valence-electron chi connectivity index (χ3n) is 4.99. The van der Waals surface area contributed by atoms with E-state index in [-0.39, 0.29) is 11.4 Å². The van der Waals surface area contributed by atoms with Gasteiger partial charge in [-0.15, -0.1) is 0 Å². The van der Waals surface area contributed by atoms with Crippen molar-refractivity contribution in [2.45, 2.75) is 39.0 Å². The predicted molar refractivity (Wildman–Crippen MR) is 116 cm³/mol. The third-order valence-corrected chi connectivity index (χ3v) is 4.99. The maximum absolute atomic E-state index is 10.6. The Balaban J connectivity index is 2.08. The second kappa shape index (κ2) is 8.21. The minimum absolute atomic E-state index is 0.0740. The molecule has 0 saturated carbocycles. The van der Waals surface area contributed by atoms with Gasteiger partial charge in [0.25, 0.3) is 0 Å². The highest BCUT2D eigenvalue weighted by Crippen LogP contribution is 2.33. The van der Waals surface area contributed by atoms with E-state index in [1.165, 1.54) is 5.56 Å². The van der Waals surface area contributed by atoms with Crippen LogP contribution in [0, 0.1) is 5.41 Å². The van der Waals surface area contributed by atoms with Crippen molar-refractivity contribution in [2.24, 2.45) is 0 Å². The van der Waals surface area contributed by atoms with Crippen LogP contribution in [-0.2, 0) is 10.2 Å².